The molecular formula is C14H28N2O. The summed E-state index contributed by atoms with van der Waals surface area (Å²) in [5.41, 5.74) is 0.0249. The van der Waals surface area contributed by atoms with Crippen LogP contribution in [0.25, 0.3) is 0 Å². The number of piperidine rings is 1. The first-order chi connectivity index (χ1) is 7.96. The van der Waals surface area contributed by atoms with E-state index in [0.717, 1.165) is 12.5 Å². The van der Waals surface area contributed by atoms with E-state index in [2.05, 4.69) is 37.9 Å². The molecule has 0 saturated carbocycles. The molecule has 1 N–H and O–H groups in total. The molecule has 0 aliphatic carbocycles. The summed E-state index contributed by atoms with van der Waals surface area (Å²) in [6.07, 6.45) is 4.17. The number of rotatable bonds is 3. The Labute approximate surface area is 106 Å². The lowest BCUT2D eigenvalue weighted by atomic mass is 9.93. The van der Waals surface area contributed by atoms with Crippen LogP contribution in [0.15, 0.2) is 0 Å². The van der Waals surface area contributed by atoms with Gasteiger partial charge in [0.05, 0.1) is 5.60 Å². The lowest BCUT2D eigenvalue weighted by Crippen LogP contribution is -2.41. The monoisotopic (exact) mass is 240 g/mol. The summed E-state index contributed by atoms with van der Waals surface area (Å²) in [6, 6.07) is 0.687. The van der Waals surface area contributed by atoms with Crippen LogP contribution in [0, 0.1) is 5.92 Å². The molecule has 3 heteroatoms. The van der Waals surface area contributed by atoms with Crippen molar-refractivity contribution in [3.05, 3.63) is 0 Å². The van der Waals surface area contributed by atoms with Crippen LogP contribution in [0.2, 0.25) is 0 Å². The summed E-state index contributed by atoms with van der Waals surface area (Å²) < 4.78 is 6.02. The van der Waals surface area contributed by atoms with Crippen LogP contribution in [0.4, 0.5) is 0 Å². The molecule has 3 nitrogen and oxygen atoms in total. The lowest BCUT2D eigenvalue weighted by Gasteiger charge is -2.36. The molecule has 2 heterocycles. The van der Waals surface area contributed by atoms with Crippen molar-refractivity contribution in [1.82, 2.24) is 10.2 Å². The number of nitrogens with zero attached hydrogens (tertiary/aromatic N) is 1. The van der Waals surface area contributed by atoms with Crippen molar-refractivity contribution in [2.24, 2.45) is 5.92 Å². The summed E-state index contributed by atoms with van der Waals surface area (Å²) in [6.45, 7) is 12.4. The van der Waals surface area contributed by atoms with Crippen LogP contribution < -0.4 is 5.32 Å². The van der Waals surface area contributed by atoms with E-state index in [-0.39, 0.29) is 11.8 Å². The molecule has 0 aromatic rings. The molecule has 0 aromatic carbocycles. The fourth-order valence-corrected chi connectivity index (χ4v) is 3.02. The van der Waals surface area contributed by atoms with Crippen LogP contribution in [-0.2, 0) is 4.74 Å². The van der Waals surface area contributed by atoms with Crippen LogP contribution in [0.3, 0.4) is 0 Å². The molecule has 2 aliphatic rings. The first-order valence-electron chi connectivity index (χ1n) is 7.11. The second-order valence-corrected chi connectivity index (χ2v) is 6.58. The van der Waals surface area contributed by atoms with E-state index in [0.29, 0.717) is 6.04 Å². The highest BCUT2D eigenvalue weighted by atomic mass is 16.5. The molecule has 2 atom stereocenters. The minimum absolute atomic E-state index is 0.0249. The maximum absolute atomic E-state index is 6.02. The van der Waals surface area contributed by atoms with Crippen LogP contribution in [0.5, 0.6) is 0 Å². The molecule has 2 unspecified atom stereocenters. The molecule has 2 rings (SSSR count). The van der Waals surface area contributed by atoms with Gasteiger partial charge in [-0.15, -0.1) is 0 Å². The van der Waals surface area contributed by atoms with Crippen LogP contribution >= 0.6 is 0 Å². The predicted octanol–water partition coefficient (Wildman–Crippen LogP) is 2.22. The first kappa shape index (κ1) is 13.3. The Kier molecular flexibility index (Phi) is 4.11. The smallest absolute Gasteiger partial charge is 0.109 e. The van der Waals surface area contributed by atoms with Crippen molar-refractivity contribution >= 4 is 0 Å². The van der Waals surface area contributed by atoms with E-state index >= 15 is 0 Å². The van der Waals surface area contributed by atoms with E-state index in [9.17, 15) is 0 Å². The van der Waals surface area contributed by atoms with Gasteiger partial charge in [-0.25, -0.2) is 0 Å². The van der Waals surface area contributed by atoms with Gasteiger partial charge in [-0.05, 0) is 59.4 Å². The Bertz CT molecular complexity index is 253. The molecule has 100 valence electrons. The summed E-state index contributed by atoms with van der Waals surface area (Å²) >= 11 is 0. The molecule has 0 radical (unpaired) electrons. The maximum atomic E-state index is 6.02. The second kappa shape index (κ2) is 5.25. The van der Waals surface area contributed by atoms with Crippen molar-refractivity contribution in [3.8, 4) is 0 Å². The minimum atomic E-state index is 0.0249. The zero-order valence-corrected chi connectivity index (χ0v) is 11.8. The van der Waals surface area contributed by atoms with Gasteiger partial charge >= 0.3 is 0 Å². The van der Waals surface area contributed by atoms with Crippen molar-refractivity contribution in [2.45, 2.75) is 64.8 Å². The summed E-state index contributed by atoms with van der Waals surface area (Å²) in [4.78, 5) is 2.61. The third kappa shape index (κ3) is 3.67. The van der Waals surface area contributed by atoms with Crippen molar-refractivity contribution in [2.75, 3.05) is 19.6 Å². The van der Waals surface area contributed by atoms with E-state index < -0.39 is 0 Å². The molecule has 17 heavy (non-hydrogen) atoms. The molecule has 0 bridgehead atoms. The van der Waals surface area contributed by atoms with Gasteiger partial charge in [-0.1, -0.05) is 0 Å². The molecule has 0 amide bonds. The SMILES string of the molecule is CC(C)N1CCCC(CC2NCC(C)(C)O2)C1. The van der Waals surface area contributed by atoms with Gasteiger partial charge in [-0.3, -0.25) is 5.32 Å². The standard InChI is InChI=1S/C14H28N2O/c1-11(2)16-7-5-6-12(9-16)8-13-15-10-14(3,4)17-13/h11-13,15H,5-10H2,1-4H3. The minimum Gasteiger partial charge on any atom is -0.356 e. The topological polar surface area (TPSA) is 24.5 Å². The van der Waals surface area contributed by atoms with E-state index in [4.69, 9.17) is 4.74 Å². The third-order valence-corrected chi connectivity index (χ3v) is 4.04. The molecular weight excluding hydrogens is 212 g/mol. The van der Waals surface area contributed by atoms with E-state index in [1.807, 2.05) is 0 Å². The van der Waals surface area contributed by atoms with Crippen molar-refractivity contribution in [3.63, 3.8) is 0 Å². The third-order valence-electron chi connectivity index (χ3n) is 4.04. The predicted molar refractivity (Wildman–Crippen MR) is 71.0 cm³/mol. The van der Waals surface area contributed by atoms with Gasteiger partial charge in [-0.2, -0.15) is 0 Å². The Morgan fingerprint density at radius 2 is 2.18 bits per heavy atom. The average Bonchev–Trinajstić information content (AvgIpc) is 2.58. The Morgan fingerprint density at radius 3 is 2.76 bits per heavy atom. The zero-order chi connectivity index (χ0) is 12.5. The molecule has 0 aromatic heterocycles. The van der Waals surface area contributed by atoms with E-state index in [1.54, 1.807) is 0 Å². The molecule has 2 saturated heterocycles. The Balaban J connectivity index is 1.79. The van der Waals surface area contributed by atoms with Gasteiger partial charge < -0.3 is 9.64 Å². The average molecular weight is 240 g/mol. The van der Waals surface area contributed by atoms with Gasteiger partial charge in [0.25, 0.3) is 0 Å². The first-order valence-corrected chi connectivity index (χ1v) is 7.11. The number of hydrogen-bond acceptors (Lipinski definition) is 3. The normalized spacial score (nSPS) is 34.4. The number of nitrogens with one attached hydrogen (secondary N) is 1. The second-order valence-electron chi connectivity index (χ2n) is 6.58. The highest BCUT2D eigenvalue weighted by molar-refractivity contribution is 4.84. The van der Waals surface area contributed by atoms with Crippen molar-refractivity contribution < 1.29 is 4.74 Å². The summed E-state index contributed by atoms with van der Waals surface area (Å²) in [5.74, 6) is 0.803. The number of likely N-dealkylation sites (tertiary alicyclic amines) is 1. The lowest BCUT2D eigenvalue weighted by molar-refractivity contribution is -0.0305. The van der Waals surface area contributed by atoms with Gasteiger partial charge in [0.1, 0.15) is 6.23 Å². The van der Waals surface area contributed by atoms with Crippen LogP contribution in [-0.4, -0.2) is 42.4 Å². The Hall–Kier alpha value is -0.120. The van der Waals surface area contributed by atoms with Crippen molar-refractivity contribution in [1.29, 1.82) is 0 Å². The van der Waals surface area contributed by atoms with E-state index in [1.165, 1.54) is 32.4 Å². The number of ether oxygens (including phenoxy) is 1. The summed E-state index contributed by atoms with van der Waals surface area (Å²) in [5, 5.41) is 3.50. The zero-order valence-electron chi connectivity index (χ0n) is 11.8. The van der Waals surface area contributed by atoms with Gasteiger partial charge in [0.2, 0.25) is 0 Å². The summed E-state index contributed by atoms with van der Waals surface area (Å²) in [7, 11) is 0. The molecule has 2 aliphatic heterocycles. The molecule has 0 spiro atoms. The number of hydrogen-bond donors (Lipinski definition) is 1. The largest absolute Gasteiger partial charge is 0.356 e. The highest BCUT2D eigenvalue weighted by Gasteiger charge is 2.33. The van der Waals surface area contributed by atoms with Crippen LogP contribution in [0.1, 0.15) is 47.0 Å². The van der Waals surface area contributed by atoms with Gasteiger partial charge in [0, 0.05) is 19.1 Å². The fourth-order valence-electron chi connectivity index (χ4n) is 3.02. The maximum Gasteiger partial charge on any atom is 0.109 e. The molecule has 2 fully saturated rings. The fraction of sp³-hybridized carbons (Fsp3) is 1.00. The Morgan fingerprint density at radius 1 is 1.41 bits per heavy atom. The quantitative estimate of drug-likeness (QED) is 0.818. The highest BCUT2D eigenvalue weighted by Crippen LogP contribution is 2.26. The van der Waals surface area contributed by atoms with Gasteiger partial charge in [0.15, 0.2) is 0 Å².